The second-order valence-corrected chi connectivity index (χ2v) is 6.35. The monoisotopic (exact) mass is 295 g/mol. The van der Waals surface area contributed by atoms with Crippen molar-refractivity contribution in [2.45, 2.75) is 52.1 Å². The lowest BCUT2D eigenvalue weighted by atomic mass is 9.97. The van der Waals surface area contributed by atoms with Crippen molar-refractivity contribution >= 4 is 23.2 Å². The molecule has 0 saturated carbocycles. The van der Waals surface area contributed by atoms with Gasteiger partial charge in [0.15, 0.2) is 6.61 Å². The van der Waals surface area contributed by atoms with Crippen LogP contribution in [0.25, 0.3) is 0 Å². The number of carbonyl (C=O) groups excluding carboxylic acids is 2. The van der Waals surface area contributed by atoms with E-state index in [0.29, 0.717) is 4.88 Å². The van der Waals surface area contributed by atoms with Crippen LogP contribution in [-0.2, 0) is 9.53 Å². The molecular formula is C15H21NO3S. The number of amides is 1. The number of carbonyl (C=O) groups is 2. The summed E-state index contributed by atoms with van der Waals surface area (Å²) in [5.41, 5.74) is 0.896. The van der Waals surface area contributed by atoms with Gasteiger partial charge in [-0.3, -0.25) is 4.79 Å². The van der Waals surface area contributed by atoms with E-state index in [0.717, 1.165) is 24.8 Å². The molecule has 1 fully saturated rings. The van der Waals surface area contributed by atoms with Gasteiger partial charge in [0.1, 0.15) is 4.88 Å². The van der Waals surface area contributed by atoms with Crippen molar-refractivity contribution in [1.82, 2.24) is 4.90 Å². The van der Waals surface area contributed by atoms with Gasteiger partial charge in [0, 0.05) is 12.1 Å². The van der Waals surface area contributed by atoms with Crippen molar-refractivity contribution in [3.05, 3.63) is 21.9 Å². The van der Waals surface area contributed by atoms with E-state index in [1.54, 1.807) is 0 Å². The van der Waals surface area contributed by atoms with Crippen LogP contribution < -0.4 is 0 Å². The minimum Gasteiger partial charge on any atom is -0.451 e. The van der Waals surface area contributed by atoms with Gasteiger partial charge in [-0.2, -0.15) is 0 Å². The van der Waals surface area contributed by atoms with Crippen molar-refractivity contribution in [3.63, 3.8) is 0 Å². The SMILES string of the molecule is Cc1ccsc1C(=O)OCC(=O)N1[C@H](C)CCC[C@H]1C. The summed E-state index contributed by atoms with van der Waals surface area (Å²) in [5, 5.41) is 1.85. The molecule has 1 saturated heterocycles. The fourth-order valence-corrected chi connectivity index (χ4v) is 3.58. The Labute approximate surface area is 123 Å². The zero-order valence-corrected chi connectivity index (χ0v) is 13.0. The van der Waals surface area contributed by atoms with Crippen LogP contribution in [-0.4, -0.2) is 35.5 Å². The fraction of sp³-hybridized carbons (Fsp3) is 0.600. The molecule has 2 heterocycles. The Kier molecular flexibility index (Phi) is 4.81. The van der Waals surface area contributed by atoms with E-state index in [-0.39, 0.29) is 24.6 Å². The number of thiophene rings is 1. The van der Waals surface area contributed by atoms with Crippen molar-refractivity contribution in [3.8, 4) is 0 Å². The minimum absolute atomic E-state index is 0.0905. The molecule has 1 aromatic rings. The summed E-state index contributed by atoms with van der Waals surface area (Å²) in [4.78, 5) is 26.6. The summed E-state index contributed by atoms with van der Waals surface area (Å²) in [7, 11) is 0. The highest BCUT2D eigenvalue weighted by molar-refractivity contribution is 7.12. The zero-order valence-electron chi connectivity index (χ0n) is 12.2. The second-order valence-electron chi connectivity index (χ2n) is 5.44. The van der Waals surface area contributed by atoms with E-state index < -0.39 is 5.97 Å². The van der Waals surface area contributed by atoms with Crippen molar-refractivity contribution in [2.75, 3.05) is 6.61 Å². The third-order valence-electron chi connectivity index (χ3n) is 3.86. The summed E-state index contributed by atoms with van der Waals surface area (Å²) in [5.74, 6) is -0.490. The van der Waals surface area contributed by atoms with Gasteiger partial charge in [-0.05, 0) is 57.0 Å². The molecule has 1 amide bonds. The van der Waals surface area contributed by atoms with Gasteiger partial charge in [0.25, 0.3) is 5.91 Å². The summed E-state index contributed by atoms with van der Waals surface area (Å²) in [6.45, 7) is 5.81. The Bertz CT molecular complexity index is 487. The lowest BCUT2D eigenvalue weighted by molar-refractivity contribution is -0.140. The molecule has 5 heteroatoms. The van der Waals surface area contributed by atoms with Crippen LogP contribution in [0.1, 0.15) is 48.3 Å². The number of nitrogens with zero attached hydrogens (tertiary/aromatic N) is 1. The van der Waals surface area contributed by atoms with Gasteiger partial charge in [0.2, 0.25) is 0 Å². The molecule has 2 atom stereocenters. The van der Waals surface area contributed by atoms with Crippen LogP contribution in [0.4, 0.5) is 0 Å². The first-order chi connectivity index (χ1) is 9.50. The third kappa shape index (κ3) is 3.20. The predicted molar refractivity (Wildman–Crippen MR) is 79.0 cm³/mol. The van der Waals surface area contributed by atoms with E-state index in [9.17, 15) is 9.59 Å². The standard InChI is InChI=1S/C15H21NO3S/c1-10-7-8-20-14(10)15(18)19-9-13(17)16-11(2)5-4-6-12(16)3/h7-8,11-12H,4-6,9H2,1-3H3/t11-,12-/m1/s1. The van der Waals surface area contributed by atoms with Gasteiger partial charge in [0.05, 0.1) is 0 Å². The van der Waals surface area contributed by atoms with Crippen molar-refractivity contribution in [1.29, 1.82) is 0 Å². The van der Waals surface area contributed by atoms with E-state index in [1.807, 2.05) is 23.3 Å². The van der Waals surface area contributed by atoms with E-state index >= 15 is 0 Å². The summed E-state index contributed by atoms with van der Waals surface area (Å²) >= 11 is 1.35. The minimum atomic E-state index is -0.400. The highest BCUT2D eigenvalue weighted by atomic mass is 32.1. The molecule has 1 aliphatic heterocycles. The van der Waals surface area contributed by atoms with Gasteiger partial charge < -0.3 is 9.64 Å². The van der Waals surface area contributed by atoms with E-state index in [1.165, 1.54) is 11.3 Å². The number of aryl methyl sites for hydroxylation is 1. The van der Waals surface area contributed by atoms with Gasteiger partial charge in [-0.25, -0.2) is 4.79 Å². The van der Waals surface area contributed by atoms with Crippen LogP contribution in [0.3, 0.4) is 0 Å². The van der Waals surface area contributed by atoms with Crippen LogP contribution in [0.5, 0.6) is 0 Å². The van der Waals surface area contributed by atoms with Crippen molar-refractivity contribution in [2.24, 2.45) is 0 Å². The molecule has 0 spiro atoms. The summed E-state index contributed by atoms with van der Waals surface area (Å²) < 4.78 is 5.16. The predicted octanol–water partition coefficient (Wildman–Crippen LogP) is 3.00. The second kappa shape index (κ2) is 6.39. The van der Waals surface area contributed by atoms with Crippen LogP contribution in [0, 0.1) is 6.92 Å². The first-order valence-corrected chi connectivity index (χ1v) is 7.91. The molecular weight excluding hydrogens is 274 g/mol. The number of ether oxygens (including phenoxy) is 1. The Hall–Kier alpha value is -1.36. The smallest absolute Gasteiger partial charge is 0.349 e. The molecule has 0 bridgehead atoms. The molecule has 20 heavy (non-hydrogen) atoms. The molecule has 0 N–H and O–H groups in total. The molecule has 1 aromatic heterocycles. The first-order valence-electron chi connectivity index (χ1n) is 7.03. The van der Waals surface area contributed by atoms with Gasteiger partial charge in [-0.1, -0.05) is 0 Å². The van der Waals surface area contributed by atoms with Crippen LogP contribution in [0.2, 0.25) is 0 Å². The lowest BCUT2D eigenvalue weighted by Gasteiger charge is -2.38. The van der Waals surface area contributed by atoms with Crippen LogP contribution >= 0.6 is 11.3 Å². The van der Waals surface area contributed by atoms with Gasteiger partial charge >= 0.3 is 5.97 Å². The van der Waals surface area contributed by atoms with Crippen LogP contribution in [0.15, 0.2) is 11.4 Å². The molecule has 0 aliphatic carbocycles. The average molecular weight is 295 g/mol. The first kappa shape index (κ1) is 15.0. The third-order valence-corrected chi connectivity index (χ3v) is 4.85. The van der Waals surface area contributed by atoms with E-state index in [2.05, 4.69) is 13.8 Å². The Morgan fingerprint density at radius 3 is 2.55 bits per heavy atom. The molecule has 110 valence electrons. The molecule has 0 radical (unpaired) electrons. The van der Waals surface area contributed by atoms with Crippen molar-refractivity contribution < 1.29 is 14.3 Å². The lowest BCUT2D eigenvalue weighted by Crippen LogP contribution is -2.49. The quantitative estimate of drug-likeness (QED) is 0.805. The Balaban J connectivity index is 1.92. The number of hydrogen-bond acceptors (Lipinski definition) is 4. The highest BCUT2D eigenvalue weighted by Crippen LogP contribution is 2.23. The van der Waals surface area contributed by atoms with Gasteiger partial charge in [-0.15, -0.1) is 11.3 Å². The fourth-order valence-electron chi connectivity index (χ4n) is 2.76. The maximum atomic E-state index is 12.2. The average Bonchev–Trinajstić information content (AvgIpc) is 2.82. The zero-order chi connectivity index (χ0) is 14.7. The Morgan fingerprint density at radius 2 is 2.00 bits per heavy atom. The van der Waals surface area contributed by atoms with E-state index in [4.69, 9.17) is 4.74 Å². The number of esters is 1. The molecule has 0 aromatic carbocycles. The number of hydrogen-bond donors (Lipinski definition) is 0. The highest BCUT2D eigenvalue weighted by Gasteiger charge is 2.29. The largest absolute Gasteiger partial charge is 0.451 e. The maximum Gasteiger partial charge on any atom is 0.349 e. The topological polar surface area (TPSA) is 46.6 Å². The number of likely N-dealkylation sites (tertiary alicyclic amines) is 1. The molecule has 0 unspecified atom stereocenters. The normalized spacial score (nSPS) is 22.6. The summed E-state index contributed by atoms with van der Waals surface area (Å²) in [6, 6.07) is 2.33. The number of piperidine rings is 1. The maximum absolute atomic E-state index is 12.2. The molecule has 1 aliphatic rings. The number of rotatable bonds is 3. The molecule has 4 nitrogen and oxygen atoms in total. The Morgan fingerprint density at radius 1 is 1.35 bits per heavy atom. The molecule has 2 rings (SSSR count). The summed E-state index contributed by atoms with van der Waals surface area (Å²) in [6.07, 6.45) is 3.20.